The van der Waals surface area contributed by atoms with Gasteiger partial charge in [-0.2, -0.15) is 5.10 Å². The van der Waals surface area contributed by atoms with Crippen molar-refractivity contribution in [2.75, 3.05) is 32.1 Å². The molecule has 2 rings (SSSR count). The van der Waals surface area contributed by atoms with Gasteiger partial charge >= 0.3 is 0 Å². The van der Waals surface area contributed by atoms with Gasteiger partial charge in [0.25, 0.3) is 0 Å². The number of ketones is 1. The van der Waals surface area contributed by atoms with Gasteiger partial charge in [0.1, 0.15) is 0 Å². The summed E-state index contributed by atoms with van der Waals surface area (Å²) >= 11 is 0. The molecule has 1 aliphatic carbocycles. The maximum Gasteiger partial charge on any atom is 0.185 e. The summed E-state index contributed by atoms with van der Waals surface area (Å²) in [5, 5.41) is 5.84. The molecular weight excluding hydrogens is 298 g/mol. The summed E-state index contributed by atoms with van der Waals surface area (Å²) in [4.78, 5) is 14.7. The predicted molar refractivity (Wildman–Crippen MR) is 102 cm³/mol. The molecule has 0 bridgehead atoms. The number of rotatable bonds is 6. The summed E-state index contributed by atoms with van der Waals surface area (Å²) in [6.07, 6.45) is 7.12. The highest BCUT2D eigenvalue weighted by molar-refractivity contribution is 6.14. The molecule has 0 N–H and O–H groups in total. The third-order valence-electron chi connectivity index (χ3n) is 4.18. The minimum atomic E-state index is 0.146. The standard InChI is InChI=1S/C20H27N3O/c1-5-23(6-2)19-11-7-16(8-12-19)15-18-10-9-17(20(18)24)13-14-21-22(3)4/h7-8,11-15H,5-6,9-10H2,1-4H3/b17-13+,18-15-,21-14-. The summed E-state index contributed by atoms with van der Waals surface area (Å²) in [6, 6.07) is 8.42. The van der Waals surface area contributed by atoms with Crippen molar-refractivity contribution >= 4 is 23.8 Å². The van der Waals surface area contributed by atoms with E-state index in [1.807, 2.05) is 26.2 Å². The minimum Gasteiger partial charge on any atom is -0.372 e. The average molecular weight is 325 g/mol. The second-order valence-corrected chi connectivity index (χ2v) is 6.07. The van der Waals surface area contributed by atoms with Gasteiger partial charge in [0.15, 0.2) is 5.78 Å². The molecule has 0 radical (unpaired) electrons. The molecule has 0 aliphatic heterocycles. The van der Waals surface area contributed by atoms with Gasteiger partial charge in [-0.1, -0.05) is 12.1 Å². The van der Waals surface area contributed by atoms with Crippen LogP contribution in [0.5, 0.6) is 0 Å². The van der Waals surface area contributed by atoms with Crippen molar-refractivity contribution < 1.29 is 4.79 Å². The van der Waals surface area contributed by atoms with Crippen LogP contribution in [0, 0.1) is 0 Å². The van der Waals surface area contributed by atoms with Crippen LogP contribution in [0.15, 0.2) is 46.6 Å². The zero-order valence-electron chi connectivity index (χ0n) is 15.1. The van der Waals surface area contributed by atoms with E-state index in [0.717, 1.165) is 42.6 Å². The molecule has 4 nitrogen and oxygen atoms in total. The third kappa shape index (κ3) is 4.57. The molecule has 1 aromatic rings. The molecule has 0 heterocycles. The van der Waals surface area contributed by atoms with Gasteiger partial charge in [0, 0.05) is 50.2 Å². The highest BCUT2D eigenvalue weighted by atomic mass is 16.1. The monoisotopic (exact) mass is 325 g/mol. The van der Waals surface area contributed by atoms with E-state index in [4.69, 9.17) is 0 Å². The van der Waals surface area contributed by atoms with Crippen molar-refractivity contribution in [3.8, 4) is 0 Å². The summed E-state index contributed by atoms with van der Waals surface area (Å²) < 4.78 is 0. The Labute approximate surface area is 145 Å². The van der Waals surface area contributed by atoms with Crippen molar-refractivity contribution in [3.63, 3.8) is 0 Å². The SMILES string of the molecule is CCN(CC)c1ccc(/C=C2/CC/C(=C\C=N/N(C)C)C2=O)cc1. The Bertz CT molecular complexity index is 650. The number of allylic oxidation sites excluding steroid dienone is 3. The van der Waals surface area contributed by atoms with E-state index < -0.39 is 0 Å². The van der Waals surface area contributed by atoms with Crippen molar-refractivity contribution in [2.45, 2.75) is 26.7 Å². The first kappa shape index (κ1) is 18.0. The second-order valence-electron chi connectivity index (χ2n) is 6.07. The van der Waals surface area contributed by atoms with Crippen LogP contribution in [-0.4, -0.2) is 44.2 Å². The van der Waals surface area contributed by atoms with Crippen LogP contribution in [-0.2, 0) is 4.79 Å². The number of hydrazone groups is 1. The first-order chi connectivity index (χ1) is 11.5. The highest BCUT2D eigenvalue weighted by Crippen LogP contribution is 2.28. The normalized spacial score (nSPS) is 18.1. The molecule has 1 fully saturated rings. The van der Waals surface area contributed by atoms with Crippen LogP contribution in [0.25, 0.3) is 6.08 Å². The third-order valence-corrected chi connectivity index (χ3v) is 4.18. The minimum absolute atomic E-state index is 0.146. The quantitative estimate of drug-likeness (QED) is 0.454. The zero-order chi connectivity index (χ0) is 17.5. The van der Waals surface area contributed by atoms with E-state index in [9.17, 15) is 4.79 Å². The molecule has 0 atom stereocenters. The second kappa shape index (κ2) is 8.48. The van der Waals surface area contributed by atoms with Gasteiger partial charge in [-0.15, -0.1) is 0 Å². The Morgan fingerprint density at radius 3 is 2.25 bits per heavy atom. The number of carbonyl (C=O) groups excluding carboxylic acids is 1. The van der Waals surface area contributed by atoms with Crippen molar-refractivity contribution in [1.82, 2.24) is 5.01 Å². The van der Waals surface area contributed by atoms with E-state index in [2.05, 4.69) is 48.1 Å². The molecule has 1 aromatic carbocycles. The topological polar surface area (TPSA) is 35.9 Å². The Kier molecular flexibility index (Phi) is 6.36. The van der Waals surface area contributed by atoms with Crippen molar-refractivity contribution in [2.24, 2.45) is 5.10 Å². The first-order valence-corrected chi connectivity index (χ1v) is 8.55. The molecule has 128 valence electrons. The maximum atomic E-state index is 12.4. The fraction of sp³-hybridized carbons (Fsp3) is 0.400. The van der Waals surface area contributed by atoms with E-state index in [-0.39, 0.29) is 5.78 Å². The van der Waals surface area contributed by atoms with Gasteiger partial charge < -0.3 is 9.91 Å². The fourth-order valence-electron chi connectivity index (χ4n) is 2.83. The van der Waals surface area contributed by atoms with Gasteiger partial charge in [0.2, 0.25) is 0 Å². The van der Waals surface area contributed by atoms with Crippen LogP contribution in [0.2, 0.25) is 0 Å². The van der Waals surface area contributed by atoms with Gasteiger partial charge in [-0.3, -0.25) is 4.79 Å². The molecule has 24 heavy (non-hydrogen) atoms. The number of carbonyl (C=O) groups is 1. The Balaban J connectivity index is 2.10. The van der Waals surface area contributed by atoms with Gasteiger partial charge in [-0.05, 0) is 56.5 Å². The predicted octanol–water partition coefficient (Wildman–Crippen LogP) is 3.75. The molecule has 0 amide bonds. The van der Waals surface area contributed by atoms with Crippen LogP contribution >= 0.6 is 0 Å². The number of benzene rings is 1. The molecular formula is C20H27N3O. The fourth-order valence-corrected chi connectivity index (χ4v) is 2.83. The summed E-state index contributed by atoms with van der Waals surface area (Å²) in [6.45, 7) is 6.31. The van der Waals surface area contributed by atoms with E-state index in [1.165, 1.54) is 5.69 Å². The van der Waals surface area contributed by atoms with Gasteiger partial charge in [-0.25, -0.2) is 0 Å². The maximum absolute atomic E-state index is 12.4. The van der Waals surface area contributed by atoms with Gasteiger partial charge in [0.05, 0.1) is 0 Å². The lowest BCUT2D eigenvalue weighted by Crippen LogP contribution is -2.21. The number of anilines is 1. The number of nitrogens with zero attached hydrogens (tertiary/aromatic N) is 3. The zero-order valence-corrected chi connectivity index (χ0v) is 15.1. The average Bonchev–Trinajstić information content (AvgIpc) is 2.90. The van der Waals surface area contributed by atoms with E-state index in [1.54, 1.807) is 11.2 Å². The molecule has 0 aromatic heterocycles. The lowest BCUT2D eigenvalue weighted by Gasteiger charge is -2.20. The Hall–Kier alpha value is -2.36. The lowest BCUT2D eigenvalue weighted by molar-refractivity contribution is -0.111. The molecule has 0 saturated heterocycles. The molecule has 1 saturated carbocycles. The Morgan fingerprint density at radius 2 is 1.67 bits per heavy atom. The molecule has 0 spiro atoms. The smallest absolute Gasteiger partial charge is 0.185 e. The highest BCUT2D eigenvalue weighted by Gasteiger charge is 2.22. The number of hydrogen-bond donors (Lipinski definition) is 0. The Morgan fingerprint density at radius 1 is 1.04 bits per heavy atom. The number of Topliss-reactive ketones (excluding diaryl/α,β-unsaturated/α-hetero) is 1. The summed E-state index contributed by atoms with van der Waals surface area (Å²) in [5.74, 6) is 0.146. The van der Waals surface area contributed by atoms with Crippen molar-refractivity contribution in [3.05, 3.63) is 47.1 Å². The molecule has 4 heteroatoms. The lowest BCUT2D eigenvalue weighted by atomic mass is 10.1. The van der Waals surface area contributed by atoms with Crippen molar-refractivity contribution in [1.29, 1.82) is 0 Å². The van der Waals surface area contributed by atoms with E-state index in [0.29, 0.717) is 0 Å². The van der Waals surface area contributed by atoms with Crippen LogP contribution in [0.3, 0.4) is 0 Å². The van der Waals surface area contributed by atoms with E-state index >= 15 is 0 Å². The van der Waals surface area contributed by atoms with Crippen LogP contribution in [0.1, 0.15) is 32.3 Å². The summed E-state index contributed by atoms with van der Waals surface area (Å²) in [5.41, 5.74) is 4.03. The number of hydrogen-bond acceptors (Lipinski definition) is 4. The first-order valence-electron chi connectivity index (χ1n) is 8.55. The summed E-state index contributed by atoms with van der Waals surface area (Å²) in [7, 11) is 3.72. The molecule has 0 unspecified atom stereocenters. The van der Waals surface area contributed by atoms with Crippen LogP contribution in [0.4, 0.5) is 5.69 Å². The molecule has 1 aliphatic rings. The largest absolute Gasteiger partial charge is 0.372 e. The van der Waals surface area contributed by atoms with Crippen LogP contribution < -0.4 is 4.90 Å².